The minimum absolute atomic E-state index is 0.140. The molecule has 0 radical (unpaired) electrons. The van der Waals surface area contributed by atoms with Crippen LogP contribution in [-0.2, 0) is 17.7 Å². The van der Waals surface area contributed by atoms with E-state index in [2.05, 4.69) is 5.32 Å². The van der Waals surface area contributed by atoms with Crippen LogP contribution in [0.2, 0.25) is 0 Å². The van der Waals surface area contributed by atoms with Crippen LogP contribution >= 0.6 is 0 Å². The maximum Gasteiger partial charge on any atom is 0.338 e. The number of nitro groups is 1. The van der Waals surface area contributed by atoms with Crippen molar-refractivity contribution >= 4 is 11.7 Å². The number of nitro benzene ring substituents is 1. The Morgan fingerprint density at radius 3 is 2.58 bits per heavy atom. The number of rotatable bonds is 7. The quantitative estimate of drug-likeness (QED) is 0.352. The highest BCUT2D eigenvalue weighted by molar-refractivity contribution is 5.89. The highest BCUT2D eigenvalue weighted by Crippen LogP contribution is 2.18. The van der Waals surface area contributed by atoms with Crippen molar-refractivity contribution in [1.82, 2.24) is 5.32 Å². The number of ether oxygens (including phenoxy) is 1. The third kappa shape index (κ3) is 5.97. The first kappa shape index (κ1) is 19.6. The molecule has 0 fully saturated rings. The minimum Gasteiger partial charge on any atom is -0.456 e. The Kier molecular flexibility index (Phi) is 6.46. The second kappa shape index (κ2) is 8.58. The standard InChI is InChI=1S/C20H24N2O4/c1-20(2,3)26-19(23)17-9-6-7-15(13-17)14-21-12-11-16-8-4-5-10-18(16)22(24)25/h4-10,13,21H,11-12,14H2,1-3H3. The zero-order chi connectivity index (χ0) is 19.2. The fraction of sp³-hybridized carbons (Fsp3) is 0.350. The van der Waals surface area contributed by atoms with E-state index >= 15 is 0 Å². The van der Waals surface area contributed by atoms with Gasteiger partial charge in [-0.2, -0.15) is 0 Å². The molecule has 2 rings (SSSR count). The van der Waals surface area contributed by atoms with Crippen molar-refractivity contribution < 1.29 is 14.5 Å². The summed E-state index contributed by atoms with van der Waals surface area (Å²) in [6.07, 6.45) is 0.558. The second-order valence-corrected chi connectivity index (χ2v) is 7.01. The van der Waals surface area contributed by atoms with E-state index in [-0.39, 0.29) is 16.6 Å². The molecule has 0 bridgehead atoms. The SMILES string of the molecule is CC(C)(C)OC(=O)c1cccc(CNCCc2ccccc2[N+](=O)[O-])c1. The maximum atomic E-state index is 12.1. The Bertz CT molecular complexity index is 781. The summed E-state index contributed by atoms with van der Waals surface area (Å²) in [5.41, 5.74) is 1.78. The first-order chi connectivity index (χ1) is 12.3. The van der Waals surface area contributed by atoms with Crippen LogP contribution in [0.15, 0.2) is 48.5 Å². The zero-order valence-electron chi connectivity index (χ0n) is 15.3. The first-order valence-electron chi connectivity index (χ1n) is 8.51. The molecular weight excluding hydrogens is 332 g/mol. The summed E-state index contributed by atoms with van der Waals surface area (Å²) < 4.78 is 5.37. The van der Waals surface area contributed by atoms with Gasteiger partial charge in [0.2, 0.25) is 0 Å². The second-order valence-electron chi connectivity index (χ2n) is 7.01. The number of para-hydroxylation sites is 1. The molecule has 0 heterocycles. The van der Waals surface area contributed by atoms with Crippen molar-refractivity contribution in [3.8, 4) is 0 Å². The number of hydrogen-bond donors (Lipinski definition) is 1. The number of esters is 1. The number of carbonyl (C=O) groups is 1. The van der Waals surface area contributed by atoms with E-state index < -0.39 is 5.60 Å². The molecule has 26 heavy (non-hydrogen) atoms. The van der Waals surface area contributed by atoms with Crippen molar-refractivity contribution in [2.45, 2.75) is 39.3 Å². The molecule has 6 nitrogen and oxygen atoms in total. The summed E-state index contributed by atoms with van der Waals surface area (Å²) in [6, 6.07) is 14.0. The van der Waals surface area contributed by atoms with Crippen LogP contribution in [0.4, 0.5) is 5.69 Å². The highest BCUT2D eigenvalue weighted by Gasteiger charge is 2.18. The van der Waals surface area contributed by atoms with Crippen molar-refractivity contribution in [2.75, 3.05) is 6.54 Å². The monoisotopic (exact) mass is 356 g/mol. The van der Waals surface area contributed by atoms with Gasteiger partial charge < -0.3 is 10.1 Å². The van der Waals surface area contributed by atoms with E-state index in [9.17, 15) is 14.9 Å². The van der Waals surface area contributed by atoms with Gasteiger partial charge in [0.15, 0.2) is 0 Å². The Morgan fingerprint density at radius 1 is 1.15 bits per heavy atom. The lowest BCUT2D eigenvalue weighted by molar-refractivity contribution is -0.385. The van der Waals surface area contributed by atoms with E-state index in [1.165, 1.54) is 6.07 Å². The van der Waals surface area contributed by atoms with Crippen molar-refractivity contribution in [1.29, 1.82) is 0 Å². The van der Waals surface area contributed by atoms with E-state index in [1.807, 2.05) is 32.9 Å². The highest BCUT2D eigenvalue weighted by atomic mass is 16.6. The fourth-order valence-electron chi connectivity index (χ4n) is 2.50. The molecule has 0 saturated carbocycles. The number of benzene rings is 2. The van der Waals surface area contributed by atoms with Gasteiger partial charge in [0.05, 0.1) is 10.5 Å². The summed E-state index contributed by atoms with van der Waals surface area (Å²) in [5, 5.41) is 14.3. The normalized spacial score (nSPS) is 11.2. The molecule has 0 amide bonds. The summed E-state index contributed by atoms with van der Waals surface area (Å²) in [6.45, 7) is 6.66. The largest absolute Gasteiger partial charge is 0.456 e. The third-order valence-corrected chi connectivity index (χ3v) is 3.65. The molecule has 2 aromatic carbocycles. The fourth-order valence-corrected chi connectivity index (χ4v) is 2.50. The molecule has 0 atom stereocenters. The number of hydrogen-bond acceptors (Lipinski definition) is 5. The summed E-state index contributed by atoms with van der Waals surface area (Å²) in [5.74, 6) is -0.348. The third-order valence-electron chi connectivity index (χ3n) is 3.65. The van der Waals surface area contributed by atoms with Gasteiger partial charge in [-0.05, 0) is 51.4 Å². The molecule has 0 aliphatic carbocycles. The Balaban J connectivity index is 1.90. The minimum atomic E-state index is -0.532. The number of nitrogens with one attached hydrogen (secondary N) is 1. The molecular formula is C20H24N2O4. The van der Waals surface area contributed by atoms with Gasteiger partial charge in [-0.1, -0.05) is 30.3 Å². The Labute approximate surface area is 153 Å². The number of carbonyl (C=O) groups excluding carboxylic acids is 1. The molecule has 0 aliphatic heterocycles. The van der Waals surface area contributed by atoms with Gasteiger partial charge in [-0.15, -0.1) is 0 Å². The van der Waals surface area contributed by atoms with Gasteiger partial charge in [0.1, 0.15) is 5.60 Å². The molecule has 0 spiro atoms. The van der Waals surface area contributed by atoms with E-state index in [1.54, 1.807) is 30.3 Å². The van der Waals surface area contributed by atoms with Crippen LogP contribution in [0.25, 0.3) is 0 Å². The lowest BCUT2D eigenvalue weighted by Crippen LogP contribution is -2.24. The lowest BCUT2D eigenvalue weighted by Gasteiger charge is -2.19. The van der Waals surface area contributed by atoms with Gasteiger partial charge >= 0.3 is 5.97 Å². The molecule has 6 heteroatoms. The van der Waals surface area contributed by atoms with Crippen molar-refractivity contribution in [2.24, 2.45) is 0 Å². The first-order valence-corrected chi connectivity index (χ1v) is 8.51. The van der Waals surface area contributed by atoms with E-state index in [0.29, 0.717) is 30.6 Å². The molecule has 1 N–H and O–H groups in total. The van der Waals surface area contributed by atoms with Crippen LogP contribution in [0.3, 0.4) is 0 Å². The van der Waals surface area contributed by atoms with Crippen LogP contribution in [0, 0.1) is 10.1 Å². The summed E-state index contributed by atoms with van der Waals surface area (Å²) >= 11 is 0. The Morgan fingerprint density at radius 2 is 1.88 bits per heavy atom. The topological polar surface area (TPSA) is 81.5 Å². The van der Waals surface area contributed by atoms with Crippen molar-refractivity contribution in [3.05, 3.63) is 75.3 Å². The van der Waals surface area contributed by atoms with E-state index in [4.69, 9.17) is 4.74 Å². The predicted octanol–water partition coefficient (Wildman–Crippen LogP) is 3.88. The van der Waals surface area contributed by atoms with Crippen LogP contribution in [-0.4, -0.2) is 23.0 Å². The number of nitrogens with zero attached hydrogens (tertiary/aromatic N) is 1. The van der Waals surface area contributed by atoms with Crippen LogP contribution < -0.4 is 5.32 Å². The molecule has 0 aliphatic rings. The summed E-state index contributed by atoms with van der Waals surface area (Å²) in [4.78, 5) is 22.8. The lowest BCUT2D eigenvalue weighted by atomic mass is 10.1. The van der Waals surface area contributed by atoms with Gasteiger partial charge in [-0.25, -0.2) is 4.79 Å². The van der Waals surface area contributed by atoms with Crippen molar-refractivity contribution in [3.63, 3.8) is 0 Å². The van der Waals surface area contributed by atoms with E-state index in [0.717, 1.165) is 5.56 Å². The molecule has 2 aromatic rings. The smallest absolute Gasteiger partial charge is 0.338 e. The maximum absolute atomic E-state index is 12.1. The zero-order valence-corrected chi connectivity index (χ0v) is 15.3. The van der Waals surface area contributed by atoms with Gasteiger partial charge in [0.25, 0.3) is 5.69 Å². The average Bonchev–Trinajstić information content (AvgIpc) is 2.58. The van der Waals surface area contributed by atoms with Gasteiger partial charge in [-0.3, -0.25) is 10.1 Å². The molecule has 138 valence electrons. The molecule has 0 unspecified atom stereocenters. The predicted molar refractivity (Wildman–Crippen MR) is 100 cm³/mol. The van der Waals surface area contributed by atoms with Crippen LogP contribution in [0.5, 0.6) is 0 Å². The average molecular weight is 356 g/mol. The van der Waals surface area contributed by atoms with Crippen LogP contribution in [0.1, 0.15) is 42.3 Å². The Hall–Kier alpha value is -2.73. The molecule has 0 aromatic heterocycles. The molecule has 0 saturated heterocycles. The van der Waals surface area contributed by atoms with Gasteiger partial charge in [0, 0.05) is 18.2 Å². The summed E-state index contributed by atoms with van der Waals surface area (Å²) in [7, 11) is 0.